The van der Waals surface area contributed by atoms with Gasteiger partial charge in [0.2, 0.25) is 0 Å². The largest absolute Gasteiger partial charge is 0.376 e. The minimum atomic E-state index is -0.199. The second-order valence-electron chi connectivity index (χ2n) is 7.92. The molecule has 4 heterocycles. The third-order valence-electron chi connectivity index (χ3n) is 5.85. The van der Waals surface area contributed by atoms with Crippen LogP contribution in [0.4, 0.5) is 10.5 Å². The lowest BCUT2D eigenvalue weighted by atomic mass is 9.99. The highest BCUT2D eigenvalue weighted by Crippen LogP contribution is 2.25. The van der Waals surface area contributed by atoms with E-state index < -0.39 is 0 Å². The minimum Gasteiger partial charge on any atom is -0.376 e. The molecule has 9 heteroatoms. The lowest BCUT2D eigenvalue weighted by Crippen LogP contribution is -2.39. The van der Waals surface area contributed by atoms with Gasteiger partial charge < -0.3 is 20.3 Å². The van der Waals surface area contributed by atoms with Gasteiger partial charge in [0, 0.05) is 49.1 Å². The lowest BCUT2D eigenvalue weighted by Gasteiger charge is -2.29. The third kappa shape index (κ3) is 4.09. The molecule has 1 atom stereocenters. The van der Waals surface area contributed by atoms with Crippen molar-refractivity contribution in [2.75, 3.05) is 25.0 Å². The predicted molar refractivity (Wildman–Crippen MR) is 115 cm³/mol. The fourth-order valence-corrected chi connectivity index (χ4v) is 4.18. The van der Waals surface area contributed by atoms with Gasteiger partial charge in [-0.3, -0.25) is 9.89 Å². The number of fused-ring (bicyclic) bond motifs is 3. The third-order valence-corrected chi connectivity index (χ3v) is 5.85. The second kappa shape index (κ2) is 8.35. The highest BCUT2D eigenvalue weighted by atomic mass is 16.5. The Bertz CT molecular complexity index is 1120. The van der Waals surface area contributed by atoms with Crippen LogP contribution in [-0.4, -0.2) is 57.8 Å². The summed E-state index contributed by atoms with van der Waals surface area (Å²) in [6.07, 6.45) is 6.42. The Morgan fingerprint density at radius 2 is 2.23 bits per heavy atom. The SMILES string of the molecule is O=C(NC[C@@H]1CCCO1)c1cccc(NC(=O)N2CCc3c(cnc4[nH]ncc34)C2)c1. The van der Waals surface area contributed by atoms with Gasteiger partial charge >= 0.3 is 6.03 Å². The molecule has 2 aliphatic rings. The van der Waals surface area contributed by atoms with Crippen LogP contribution in [0.3, 0.4) is 0 Å². The molecule has 2 aromatic heterocycles. The summed E-state index contributed by atoms with van der Waals surface area (Å²) in [7, 11) is 0. The summed E-state index contributed by atoms with van der Waals surface area (Å²) in [5.41, 5.74) is 4.08. The van der Waals surface area contributed by atoms with Crippen molar-refractivity contribution in [1.29, 1.82) is 0 Å². The summed E-state index contributed by atoms with van der Waals surface area (Å²) in [4.78, 5) is 31.4. The zero-order valence-electron chi connectivity index (χ0n) is 17.1. The highest BCUT2D eigenvalue weighted by Gasteiger charge is 2.23. The number of amides is 3. The average molecular weight is 420 g/mol. The van der Waals surface area contributed by atoms with E-state index in [1.54, 1.807) is 41.6 Å². The van der Waals surface area contributed by atoms with E-state index >= 15 is 0 Å². The number of rotatable bonds is 4. The summed E-state index contributed by atoms with van der Waals surface area (Å²) >= 11 is 0. The van der Waals surface area contributed by atoms with E-state index in [9.17, 15) is 9.59 Å². The fraction of sp³-hybridized carbons (Fsp3) is 0.364. The normalized spacial score (nSPS) is 18.1. The molecule has 0 aliphatic carbocycles. The van der Waals surface area contributed by atoms with E-state index in [0.29, 0.717) is 30.9 Å². The van der Waals surface area contributed by atoms with Gasteiger partial charge in [0.25, 0.3) is 5.91 Å². The quantitative estimate of drug-likeness (QED) is 0.600. The van der Waals surface area contributed by atoms with E-state index in [1.165, 1.54) is 5.56 Å². The molecule has 160 valence electrons. The Labute approximate surface area is 179 Å². The maximum Gasteiger partial charge on any atom is 0.322 e. The number of hydrogen-bond acceptors (Lipinski definition) is 5. The molecule has 2 aliphatic heterocycles. The maximum atomic E-state index is 12.8. The minimum absolute atomic E-state index is 0.0894. The molecule has 1 fully saturated rings. The number of H-pyrrole nitrogens is 1. The summed E-state index contributed by atoms with van der Waals surface area (Å²) in [6, 6.07) is 6.77. The summed E-state index contributed by atoms with van der Waals surface area (Å²) in [6.45, 7) is 2.34. The number of anilines is 1. The Morgan fingerprint density at radius 1 is 1.29 bits per heavy atom. The first-order chi connectivity index (χ1) is 15.2. The topological polar surface area (TPSA) is 112 Å². The fourth-order valence-electron chi connectivity index (χ4n) is 4.18. The Hall–Kier alpha value is -3.46. The molecule has 0 spiro atoms. The molecule has 0 bridgehead atoms. The van der Waals surface area contributed by atoms with Crippen molar-refractivity contribution >= 4 is 28.7 Å². The standard InChI is InChI=1S/C22H24N6O3/c29-21(24-11-17-5-2-8-31-17)14-3-1-4-16(9-14)26-22(30)28-7-6-18-15(13-28)10-23-20-19(18)12-25-27-20/h1,3-4,9-10,12,17H,2,5-8,11,13H2,(H,24,29)(H,26,30)(H,23,25,27)/t17-/m0/s1. The van der Waals surface area contributed by atoms with Crippen LogP contribution in [-0.2, 0) is 17.7 Å². The van der Waals surface area contributed by atoms with Crippen molar-refractivity contribution < 1.29 is 14.3 Å². The number of nitrogens with zero attached hydrogens (tertiary/aromatic N) is 3. The van der Waals surface area contributed by atoms with Gasteiger partial charge in [-0.2, -0.15) is 5.10 Å². The van der Waals surface area contributed by atoms with E-state index in [2.05, 4.69) is 25.8 Å². The van der Waals surface area contributed by atoms with E-state index in [0.717, 1.165) is 42.5 Å². The van der Waals surface area contributed by atoms with Gasteiger partial charge in [0.15, 0.2) is 5.65 Å². The van der Waals surface area contributed by atoms with Gasteiger partial charge in [-0.05, 0) is 48.6 Å². The average Bonchev–Trinajstić information content (AvgIpc) is 3.49. The van der Waals surface area contributed by atoms with Gasteiger partial charge in [-0.25, -0.2) is 9.78 Å². The van der Waals surface area contributed by atoms with Crippen LogP contribution in [0, 0.1) is 0 Å². The zero-order valence-corrected chi connectivity index (χ0v) is 17.1. The molecule has 3 aromatic rings. The number of carbonyl (C=O) groups is 2. The summed E-state index contributed by atoms with van der Waals surface area (Å²) < 4.78 is 5.54. The van der Waals surface area contributed by atoms with E-state index in [-0.39, 0.29) is 18.0 Å². The molecule has 3 N–H and O–H groups in total. The number of ether oxygens (including phenoxy) is 1. The van der Waals surface area contributed by atoms with Crippen molar-refractivity contribution in [1.82, 2.24) is 25.4 Å². The Balaban J connectivity index is 1.22. The lowest BCUT2D eigenvalue weighted by molar-refractivity contribution is 0.0858. The van der Waals surface area contributed by atoms with Crippen LogP contribution in [0.15, 0.2) is 36.7 Å². The first-order valence-corrected chi connectivity index (χ1v) is 10.5. The van der Waals surface area contributed by atoms with Gasteiger partial charge in [0.1, 0.15) is 0 Å². The molecule has 9 nitrogen and oxygen atoms in total. The first kappa shape index (κ1) is 19.5. The van der Waals surface area contributed by atoms with E-state index in [1.807, 2.05) is 0 Å². The molecule has 5 rings (SSSR count). The second-order valence-corrected chi connectivity index (χ2v) is 7.92. The molecular weight excluding hydrogens is 396 g/mol. The maximum absolute atomic E-state index is 12.8. The molecule has 31 heavy (non-hydrogen) atoms. The predicted octanol–water partition coefficient (Wildman–Crippen LogP) is 2.46. The number of aromatic amines is 1. The number of benzene rings is 1. The number of aromatic nitrogens is 3. The molecule has 0 saturated carbocycles. The van der Waals surface area contributed by atoms with E-state index in [4.69, 9.17) is 4.74 Å². The molecule has 0 radical (unpaired) electrons. The Morgan fingerprint density at radius 3 is 3.10 bits per heavy atom. The monoisotopic (exact) mass is 420 g/mol. The van der Waals surface area contributed by atoms with Crippen molar-refractivity contribution in [2.45, 2.75) is 31.9 Å². The molecule has 1 aromatic carbocycles. The van der Waals surface area contributed by atoms with Crippen LogP contribution in [0.25, 0.3) is 11.0 Å². The molecular formula is C22H24N6O3. The number of pyridine rings is 1. The van der Waals surface area contributed by atoms with Gasteiger partial charge in [0.05, 0.1) is 12.3 Å². The molecule has 0 unspecified atom stereocenters. The van der Waals surface area contributed by atoms with Gasteiger partial charge in [-0.1, -0.05) is 6.07 Å². The van der Waals surface area contributed by atoms with Crippen LogP contribution in [0.5, 0.6) is 0 Å². The van der Waals surface area contributed by atoms with Crippen molar-refractivity contribution in [2.24, 2.45) is 0 Å². The number of carbonyl (C=O) groups excluding carboxylic acids is 2. The molecule has 1 saturated heterocycles. The van der Waals surface area contributed by atoms with Crippen molar-refractivity contribution in [3.63, 3.8) is 0 Å². The van der Waals surface area contributed by atoms with Crippen LogP contribution in [0.2, 0.25) is 0 Å². The number of hydrogen-bond donors (Lipinski definition) is 3. The highest BCUT2D eigenvalue weighted by molar-refractivity contribution is 5.97. The van der Waals surface area contributed by atoms with Crippen molar-refractivity contribution in [3.05, 3.63) is 53.3 Å². The summed E-state index contributed by atoms with van der Waals surface area (Å²) in [5, 5.41) is 13.8. The van der Waals surface area contributed by atoms with Crippen LogP contribution >= 0.6 is 0 Å². The smallest absolute Gasteiger partial charge is 0.322 e. The number of urea groups is 1. The van der Waals surface area contributed by atoms with Gasteiger partial charge in [-0.15, -0.1) is 0 Å². The first-order valence-electron chi connectivity index (χ1n) is 10.5. The summed E-state index contributed by atoms with van der Waals surface area (Å²) in [5.74, 6) is -0.172. The van der Waals surface area contributed by atoms with Crippen LogP contribution < -0.4 is 10.6 Å². The Kier molecular flexibility index (Phi) is 5.25. The van der Waals surface area contributed by atoms with Crippen LogP contribution in [0.1, 0.15) is 34.3 Å². The number of nitrogens with one attached hydrogen (secondary N) is 3. The zero-order chi connectivity index (χ0) is 21.2. The molecule has 3 amide bonds. The van der Waals surface area contributed by atoms with Crippen molar-refractivity contribution in [3.8, 4) is 0 Å².